The lowest BCUT2D eigenvalue weighted by atomic mass is 10.2. The highest BCUT2D eigenvalue weighted by Gasteiger charge is 1.96. The van der Waals surface area contributed by atoms with Crippen molar-refractivity contribution in [2.24, 2.45) is 5.92 Å². The average molecular weight is 276 g/mol. The van der Waals surface area contributed by atoms with E-state index in [0.29, 0.717) is 5.92 Å². The maximum atomic E-state index is 5.48. The van der Waals surface area contributed by atoms with E-state index in [2.05, 4.69) is 24.5 Å². The van der Waals surface area contributed by atoms with Crippen LogP contribution in [0.2, 0.25) is 0 Å². The maximum Gasteiger partial charge on any atom is 0.166 e. The summed E-state index contributed by atoms with van der Waals surface area (Å²) in [5, 5.41) is 7.03. The van der Waals surface area contributed by atoms with Crippen LogP contribution >= 0.6 is 12.2 Å². The van der Waals surface area contributed by atoms with Gasteiger partial charge in [0.15, 0.2) is 5.11 Å². The molecule has 0 radical (unpaired) electrons. The lowest BCUT2D eigenvalue weighted by molar-refractivity contribution is 0.108. The standard InChI is InChI=1S/C13H28N2O2S/c1-4-16-9-5-7-14-13(18)15-8-6-10-17-11-12(2)3/h12H,4-11H2,1-3H3,(H2,14,15,18). The minimum Gasteiger partial charge on any atom is -0.382 e. The van der Waals surface area contributed by atoms with E-state index in [0.717, 1.165) is 57.5 Å². The molecule has 0 aromatic carbocycles. The molecule has 0 heterocycles. The summed E-state index contributed by atoms with van der Waals surface area (Å²) in [7, 11) is 0. The molecular formula is C13H28N2O2S. The molecule has 0 fully saturated rings. The van der Waals surface area contributed by atoms with Crippen molar-refractivity contribution in [3.05, 3.63) is 0 Å². The Kier molecular flexibility index (Phi) is 12.8. The van der Waals surface area contributed by atoms with E-state index in [9.17, 15) is 0 Å². The van der Waals surface area contributed by atoms with Gasteiger partial charge in [0.25, 0.3) is 0 Å². The molecule has 0 aliphatic rings. The number of hydrogen-bond acceptors (Lipinski definition) is 3. The maximum absolute atomic E-state index is 5.48. The number of ether oxygens (including phenoxy) is 2. The van der Waals surface area contributed by atoms with Crippen molar-refractivity contribution >= 4 is 17.3 Å². The molecule has 2 N–H and O–H groups in total. The average Bonchev–Trinajstić information content (AvgIpc) is 2.33. The first kappa shape index (κ1) is 17.6. The molecule has 18 heavy (non-hydrogen) atoms. The van der Waals surface area contributed by atoms with E-state index in [1.807, 2.05) is 6.92 Å². The lowest BCUT2D eigenvalue weighted by Gasteiger charge is -2.11. The van der Waals surface area contributed by atoms with Crippen LogP contribution in [0.4, 0.5) is 0 Å². The first-order valence-corrected chi connectivity index (χ1v) is 7.24. The van der Waals surface area contributed by atoms with Gasteiger partial charge in [-0.15, -0.1) is 0 Å². The van der Waals surface area contributed by atoms with Crippen LogP contribution < -0.4 is 10.6 Å². The molecule has 0 aliphatic carbocycles. The number of rotatable bonds is 11. The normalized spacial score (nSPS) is 10.7. The van der Waals surface area contributed by atoms with Gasteiger partial charge in [0, 0.05) is 39.5 Å². The molecule has 0 aromatic rings. The molecule has 0 rings (SSSR count). The van der Waals surface area contributed by atoms with E-state index < -0.39 is 0 Å². The van der Waals surface area contributed by atoms with E-state index in [1.54, 1.807) is 0 Å². The quantitative estimate of drug-likeness (QED) is 0.446. The summed E-state index contributed by atoms with van der Waals surface area (Å²) in [4.78, 5) is 0. The fraction of sp³-hybridized carbons (Fsp3) is 0.923. The van der Waals surface area contributed by atoms with Crippen LogP contribution in [-0.2, 0) is 9.47 Å². The van der Waals surface area contributed by atoms with Gasteiger partial charge in [0.05, 0.1) is 0 Å². The third kappa shape index (κ3) is 13.7. The van der Waals surface area contributed by atoms with Crippen molar-refractivity contribution < 1.29 is 9.47 Å². The fourth-order valence-corrected chi connectivity index (χ4v) is 1.48. The Balaban J connectivity index is 3.17. The van der Waals surface area contributed by atoms with Gasteiger partial charge in [-0.05, 0) is 37.9 Å². The Labute approximate surface area is 117 Å². The Bertz CT molecular complexity index is 201. The molecular weight excluding hydrogens is 248 g/mol. The molecule has 4 nitrogen and oxygen atoms in total. The van der Waals surface area contributed by atoms with E-state index in [1.165, 1.54) is 0 Å². The molecule has 0 bridgehead atoms. The molecule has 0 atom stereocenters. The Hall–Kier alpha value is -0.390. The van der Waals surface area contributed by atoms with Crippen molar-refractivity contribution in [1.82, 2.24) is 10.6 Å². The first-order chi connectivity index (χ1) is 8.66. The fourth-order valence-electron chi connectivity index (χ4n) is 1.28. The molecule has 0 unspecified atom stereocenters. The predicted octanol–water partition coefficient (Wildman–Crippen LogP) is 1.94. The Morgan fingerprint density at radius 2 is 1.61 bits per heavy atom. The van der Waals surface area contributed by atoms with Crippen molar-refractivity contribution in [3.63, 3.8) is 0 Å². The Morgan fingerprint density at radius 1 is 1.06 bits per heavy atom. The highest BCUT2D eigenvalue weighted by atomic mass is 32.1. The van der Waals surface area contributed by atoms with Crippen LogP contribution in [0.1, 0.15) is 33.6 Å². The second kappa shape index (κ2) is 13.1. The summed E-state index contributed by atoms with van der Waals surface area (Å²) in [6, 6.07) is 0. The summed E-state index contributed by atoms with van der Waals surface area (Å²) in [6.07, 6.45) is 1.96. The number of hydrogen-bond donors (Lipinski definition) is 2. The van der Waals surface area contributed by atoms with Crippen molar-refractivity contribution in [2.75, 3.05) is 39.5 Å². The predicted molar refractivity (Wildman–Crippen MR) is 80.0 cm³/mol. The van der Waals surface area contributed by atoms with Crippen molar-refractivity contribution in [1.29, 1.82) is 0 Å². The molecule has 108 valence electrons. The number of thiocarbonyl (C=S) groups is 1. The van der Waals surface area contributed by atoms with Gasteiger partial charge in [-0.1, -0.05) is 13.8 Å². The second-order valence-corrected chi connectivity index (χ2v) is 4.96. The molecule has 0 aliphatic heterocycles. The topological polar surface area (TPSA) is 42.5 Å². The van der Waals surface area contributed by atoms with Crippen LogP contribution in [-0.4, -0.2) is 44.6 Å². The third-order valence-electron chi connectivity index (χ3n) is 2.16. The van der Waals surface area contributed by atoms with Crippen LogP contribution in [0.25, 0.3) is 0 Å². The van der Waals surface area contributed by atoms with Gasteiger partial charge >= 0.3 is 0 Å². The summed E-state index contributed by atoms with van der Waals surface area (Å²) in [6.45, 7) is 11.2. The first-order valence-electron chi connectivity index (χ1n) is 6.84. The molecule has 0 saturated carbocycles. The van der Waals surface area contributed by atoms with E-state index in [-0.39, 0.29) is 0 Å². The summed E-state index contributed by atoms with van der Waals surface area (Å²) in [5.74, 6) is 0.603. The van der Waals surface area contributed by atoms with Crippen LogP contribution in [0, 0.1) is 5.92 Å². The second-order valence-electron chi connectivity index (χ2n) is 4.56. The summed E-state index contributed by atoms with van der Waals surface area (Å²) >= 11 is 5.15. The SMILES string of the molecule is CCOCCCNC(=S)NCCCOCC(C)C. The molecule has 0 saturated heterocycles. The van der Waals surface area contributed by atoms with E-state index in [4.69, 9.17) is 21.7 Å². The van der Waals surface area contributed by atoms with Crippen LogP contribution in [0.5, 0.6) is 0 Å². The summed E-state index contributed by atoms with van der Waals surface area (Å²) in [5.41, 5.74) is 0. The van der Waals surface area contributed by atoms with Gasteiger partial charge in [0.1, 0.15) is 0 Å². The largest absolute Gasteiger partial charge is 0.382 e. The van der Waals surface area contributed by atoms with E-state index >= 15 is 0 Å². The zero-order valence-corrected chi connectivity index (χ0v) is 12.8. The molecule has 0 amide bonds. The monoisotopic (exact) mass is 276 g/mol. The smallest absolute Gasteiger partial charge is 0.166 e. The number of nitrogens with one attached hydrogen (secondary N) is 2. The highest BCUT2D eigenvalue weighted by Crippen LogP contribution is 1.92. The van der Waals surface area contributed by atoms with Gasteiger partial charge in [-0.3, -0.25) is 0 Å². The van der Waals surface area contributed by atoms with Gasteiger partial charge < -0.3 is 20.1 Å². The van der Waals surface area contributed by atoms with Crippen LogP contribution in [0.15, 0.2) is 0 Å². The van der Waals surface area contributed by atoms with Gasteiger partial charge in [-0.25, -0.2) is 0 Å². The zero-order valence-electron chi connectivity index (χ0n) is 12.0. The minimum atomic E-state index is 0.603. The van der Waals surface area contributed by atoms with Gasteiger partial charge in [0.2, 0.25) is 0 Å². The summed E-state index contributed by atoms with van der Waals surface area (Å²) < 4.78 is 10.7. The third-order valence-corrected chi connectivity index (χ3v) is 2.45. The zero-order chi connectivity index (χ0) is 13.6. The van der Waals surface area contributed by atoms with Crippen molar-refractivity contribution in [2.45, 2.75) is 33.6 Å². The Morgan fingerprint density at radius 3 is 2.11 bits per heavy atom. The highest BCUT2D eigenvalue weighted by molar-refractivity contribution is 7.80. The molecule has 0 aromatic heterocycles. The lowest BCUT2D eigenvalue weighted by Crippen LogP contribution is -2.36. The van der Waals surface area contributed by atoms with Gasteiger partial charge in [-0.2, -0.15) is 0 Å². The van der Waals surface area contributed by atoms with Crippen molar-refractivity contribution in [3.8, 4) is 0 Å². The van der Waals surface area contributed by atoms with Crippen LogP contribution in [0.3, 0.4) is 0 Å². The minimum absolute atomic E-state index is 0.603. The molecule has 5 heteroatoms. The molecule has 0 spiro atoms.